The molecule has 1 aliphatic rings. The Morgan fingerprint density at radius 2 is 1.52 bits per heavy atom. The molecule has 0 saturated heterocycles. The van der Waals surface area contributed by atoms with Gasteiger partial charge in [0.25, 0.3) is 5.85 Å². The summed E-state index contributed by atoms with van der Waals surface area (Å²) in [6, 6.07) is 0. The average molecular weight is 526 g/mol. The molecule has 198 valence electrons. The number of rotatable bonds is 15. The number of aliphatic hydroxyl groups excluding tert-OH is 4. The first-order valence-electron chi connectivity index (χ1n) is 10.8. The van der Waals surface area contributed by atoms with E-state index in [1.807, 2.05) is 6.92 Å². The van der Waals surface area contributed by atoms with Crippen molar-refractivity contribution in [2.45, 2.75) is 68.2 Å². The lowest BCUT2D eigenvalue weighted by Gasteiger charge is -2.57. The van der Waals surface area contributed by atoms with Crippen molar-refractivity contribution in [2.75, 3.05) is 39.6 Å². The first kappa shape index (κ1) is 31.4. The van der Waals surface area contributed by atoms with Crippen LogP contribution in [0.25, 0.3) is 0 Å². The number of hydrogen-bond acceptors (Lipinski definition) is 13. The fraction of sp³-hybridized carbons (Fsp3) is 1.00. The van der Waals surface area contributed by atoms with Crippen molar-refractivity contribution in [3.05, 3.63) is 0 Å². The summed E-state index contributed by atoms with van der Waals surface area (Å²) in [4.78, 5) is 60.3. The second-order valence-corrected chi connectivity index (χ2v) is 12.3. The van der Waals surface area contributed by atoms with Gasteiger partial charge < -0.3 is 35.0 Å². The molecule has 0 heterocycles. The normalized spacial score (nSPS) is 25.6. The highest BCUT2D eigenvalue weighted by atomic mass is 31.2. The van der Waals surface area contributed by atoms with Crippen molar-refractivity contribution in [3.8, 4) is 0 Å². The molecule has 1 saturated carbocycles. The van der Waals surface area contributed by atoms with Gasteiger partial charge in [0.2, 0.25) is 0 Å². The molecular weight excluding hydrogens is 486 g/mol. The Morgan fingerprint density at radius 1 is 0.939 bits per heavy atom. The summed E-state index contributed by atoms with van der Waals surface area (Å²) < 4.78 is 11.0. The van der Waals surface area contributed by atoms with Gasteiger partial charge in [-0.1, -0.05) is 19.8 Å². The summed E-state index contributed by atoms with van der Waals surface area (Å²) in [6.07, 6.45) is 1.38. The molecule has 4 unspecified atom stereocenters. The molecule has 0 aromatic rings. The summed E-state index contributed by atoms with van der Waals surface area (Å²) in [7, 11) is -9.75. The third-order valence-electron chi connectivity index (χ3n) is 6.57. The second-order valence-electron chi connectivity index (χ2n) is 8.66. The van der Waals surface area contributed by atoms with Crippen LogP contribution in [0.15, 0.2) is 0 Å². The zero-order chi connectivity index (χ0) is 25.6. The zero-order valence-corrected chi connectivity index (χ0v) is 20.6. The first-order chi connectivity index (χ1) is 15.2. The van der Waals surface area contributed by atoms with Crippen molar-refractivity contribution in [3.63, 3.8) is 0 Å². The quantitative estimate of drug-likeness (QED) is 0.0818. The minimum absolute atomic E-state index is 0.138. The van der Waals surface area contributed by atoms with Gasteiger partial charge in [-0.15, -0.1) is 0 Å². The minimum Gasteiger partial charge on any atom is -0.395 e. The molecule has 0 amide bonds. The number of aliphatic hydroxyl groups is 5. The van der Waals surface area contributed by atoms with Crippen molar-refractivity contribution in [2.24, 2.45) is 5.41 Å². The third-order valence-corrected chi connectivity index (χ3v) is 9.12. The Kier molecular flexibility index (Phi) is 11.9. The molecule has 0 aromatic carbocycles. The predicted octanol–water partition coefficient (Wildman–Crippen LogP) is -2.01. The molecule has 0 aromatic heterocycles. The average Bonchev–Trinajstić information content (AvgIpc) is 2.74. The zero-order valence-electron chi connectivity index (χ0n) is 18.8. The van der Waals surface area contributed by atoms with Gasteiger partial charge in [-0.3, -0.25) is 0 Å². The maximum Gasteiger partial charge on any atom is 0.437 e. The molecule has 33 heavy (non-hydrogen) atoms. The lowest BCUT2D eigenvalue weighted by Crippen LogP contribution is -2.76. The summed E-state index contributed by atoms with van der Waals surface area (Å²) in [5.74, 6) is -2.01. The largest absolute Gasteiger partial charge is 0.437 e. The molecular formula is C18H40O13P2+2. The molecule has 1 fully saturated rings. The van der Waals surface area contributed by atoms with Crippen LogP contribution in [-0.4, -0.2) is 117 Å². The SMILES string of the molecule is CCCCOCC(OC(CO)(C(CO)(CO)CO)C1(O)CCCCC1[P+](O)(O)O)[P+](O)(O)O. The van der Waals surface area contributed by atoms with Crippen molar-refractivity contribution in [1.82, 2.24) is 0 Å². The smallest absolute Gasteiger partial charge is 0.395 e. The van der Waals surface area contributed by atoms with E-state index >= 15 is 0 Å². The Labute approximate surface area is 194 Å². The van der Waals surface area contributed by atoms with Gasteiger partial charge in [-0.05, 0) is 25.7 Å². The van der Waals surface area contributed by atoms with Crippen LogP contribution >= 0.6 is 15.9 Å². The molecule has 0 spiro atoms. The summed E-state index contributed by atoms with van der Waals surface area (Å²) in [5, 5.41) is 52.7. The molecule has 13 nitrogen and oxygen atoms in total. The number of hydrogen-bond donors (Lipinski definition) is 11. The van der Waals surface area contributed by atoms with E-state index in [4.69, 9.17) is 9.47 Å². The number of unbranched alkanes of at least 4 members (excludes halogenated alkanes) is 1. The van der Waals surface area contributed by atoms with Gasteiger partial charge in [-0.2, -0.15) is 29.4 Å². The van der Waals surface area contributed by atoms with Crippen LogP contribution in [0.3, 0.4) is 0 Å². The highest BCUT2D eigenvalue weighted by Crippen LogP contribution is 2.64. The van der Waals surface area contributed by atoms with Crippen LogP contribution in [0.1, 0.15) is 45.4 Å². The standard InChI is InChI=1S/C18H40O13P2/c1-2-3-8-30-9-15(33(27,28)29)31-18(13-22,16(10-19,11-20)12-21)17(23)7-5-4-6-14(17)32(24,25)26/h14-15,19-29H,2-13H2,1H3/q+2. The Hall–Kier alpha value is 0.340. The highest BCUT2D eigenvalue weighted by Gasteiger charge is 2.74. The summed E-state index contributed by atoms with van der Waals surface area (Å²) >= 11 is 0. The molecule has 15 heteroatoms. The van der Waals surface area contributed by atoms with Gasteiger partial charge >= 0.3 is 15.9 Å². The van der Waals surface area contributed by atoms with E-state index in [1.54, 1.807) is 0 Å². The fourth-order valence-corrected chi connectivity index (χ4v) is 6.56. The lowest BCUT2D eigenvalue weighted by molar-refractivity contribution is -0.299. The Bertz CT molecular complexity index is 572. The van der Waals surface area contributed by atoms with Crippen LogP contribution < -0.4 is 0 Å². The molecule has 1 aliphatic carbocycles. The maximum absolute atomic E-state index is 11.8. The van der Waals surface area contributed by atoms with Crippen molar-refractivity contribution < 1.29 is 64.4 Å². The van der Waals surface area contributed by atoms with E-state index in [0.717, 1.165) is 6.42 Å². The summed E-state index contributed by atoms with van der Waals surface area (Å²) in [6.45, 7) is -3.25. The maximum atomic E-state index is 11.8. The molecule has 11 N–H and O–H groups in total. The van der Waals surface area contributed by atoms with Crippen LogP contribution in [0.4, 0.5) is 0 Å². The van der Waals surface area contributed by atoms with Crippen molar-refractivity contribution >= 4 is 15.9 Å². The molecule has 0 radical (unpaired) electrons. The predicted molar refractivity (Wildman–Crippen MR) is 118 cm³/mol. The minimum atomic E-state index is -4.92. The van der Waals surface area contributed by atoms with E-state index in [0.29, 0.717) is 12.8 Å². The topological polar surface area (TPSA) is 241 Å². The molecule has 0 aliphatic heterocycles. The lowest BCUT2D eigenvalue weighted by atomic mass is 9.60. The second kappa shape index (κ2) is 12.5. The monoisotopic (exact) mass is 526 g/mol. The van der Waals surface area contributed by atoms with Gasteiger partial charge in [0.1, 0.15) is 17.8 Å². The molecule has 0 bridgehead atoms. The van der Waals surface area contributed by atoms with Gasteiger partial charge in [0.15, 0.2) is 5.66 Å². The van der Waals surface area contributed by atoms with Crippen LogP contribution in [0.2, 0.25) is 0 Å². The first-order valence-corrected chi connectivity index (χ1v) is 14.2. The van der Waals surface area contributed by atoms with E-state index < -0.39 is 77.0 Å². The summed E-state index contributed by atoms with van der Waals surface area (Å²) in [5.41, 5.74) is -9.34. The highest BCUT2D eigenvalue weighted by molar-refractivity contribution is 7.59. The third kappa shape index (κ3) is 6.56. The van der Waals surface area contributed by atoms with Gasteiger partial charge in [-0.25, -0.2) is 0 Å². The fourth-order valence-electron chi connectivity index (χ4n) is 4.50. The van der Waals surface area contributed by atoms with E-state index in [1.165, 1.54) is 0 Å². The molecule has 4 atom stereocenters. The van der Waals surface area contributed by atoms with Crippen LogP contribution in [-0.2, 0) is 9.47 Å². The number of ether oxygens (including phenoxy) is 2. The van der Waals surface area contributed by atoms with Crippen molar-refractivity contribution in [1.29, 1.82) is 0 Å². The van der Waals surface area contributed by atoms with E-state index in [2.05, 4.69) is 0 Å². The Balaban J connectivity index is 3.70. The molecule has 1 rings (SSSR count). The van der Waals surface area contributed by atoms with Gasteiger partial charge in [0, 0.05) is 6.61 Å². The van der Waals surface area contributed by atoms with E-state index in [9.17, 15) is 54.9 Å². The van der Waals surface area contributed by atoms with Crippen LogP contribution in [0, 0.1) is 5.41 Å². The van der Waals surface area contributed by atoms with Crippen LogP contribution in [0.5, 0.6) is 0 Å². The van der Waals surface area contributed by atoms with E-state index in [-0.39, 0.29) is 25.9 Å². The van der Waals surface area contributed by atoms with Gasteiger partial charge in [0.05, 0.1) is 31.8 Å². The Morgan fingerprint density at radius 3 is 1.94 bits per heavy atom.